The van der Waals surface area contributed by atoms with Crippen molar-refractivity contribution in [2.75, 3.05) is 12.0 Å². The highest BCUT2D eigenvalue weighted by molar-refractivity contribution is 6.30. The zero-order valence-corrected chi connectivity index (χ0v) is 22.8. The van der Waals surface area contributed by atoms with E-state index in [1.165, 1.54) is 0 Å². The second-order valence-corrected chi connectivity index (χ2v) is 9.85. The first-order chi connectivity index (χ1) is 19.7. The molecule has 4 heteroatoms. The van der Waals surface area contributed by atoms with Crippen molar-refractivity contribution in [1.82, 2.24) is 4.98 Å². The van der Waals surface area contributed by atoms with E-state index >= 15 is 0 Å². The molecule has 0 saturated heterocycles. The lowest BCUT2D eigenvalue weighted by atomic mass is 9.94. The first-order valence-corrected chi connectivity index (χ1v) is 13.5. The van der Waals surface area contributed by atoms with Gasteiger partial charge in [-0.1, -0.05) is 103 Å². The Labute approximate surface area is 239 Å². The number of halogens is 1. The number of pyridine rings is 1. The van der Waals surface area contributed by atoms with Crippen molar-refractivity contribution in [1.29, 1.82) is 0 Å². The average molecular weight is 539 g/mol. The van der Waals surface area contributed by atoms with Gasteiger partial charge in [0.2, 0.25) is 0 Å². The van der Waals surface area contributed by atoms with Gasteiger partial charge in [-0.25, -0.2) is 0 Å². The normalized spacial score (nSPS) is 10.8. The molecule has 0 spiro atoms. The standard InChI is InChI=1S/C36H27ClN2O/c1-40-33-22-29(28-15-10-20-38-25-28)21-32(24-33)39(31-17-8-16-30(37)23-31)36-34(26-11-4-2-5-12-26)18-9-19-35(36)27-13-6-3-7-14-27/h2-25H,1H3. The topological polar surface area (TPSA) is 25.4 Å². The number of benzene rings is 5. The van der Waals surface area contributed by atoms with Gasteiger partial charge < -0.3 is 9.64 Å². The summed E-state index contributed by atoms with van der Waals surface area (Å²) in [6.07, 6.45) is 3.65. The first-order valence-electron chi connectivity index (χ1n) is 13.1. The number of hydrogen-bond acceptors (Lipinski definition) is 3. The Balaban J connectivity index is 1.69. The van der Waals surface area contributed by atoms with Gasteiger partial charge in [-0.3, -0.25) is 4.98 Å². The summed E-state index contributed by atoms with van der Waals surface area (Å²) in [6, 6.07) is 45.7. The summed E-state index contributed by atoms with van der Waals surface area (Å²) < 4.78 is 5.82. The molecule has 0 N–H and O–H groups in total. The van der Waals surface area contributed by atoms with E-state index in [0.29, 0.717) is 5.02 Å². The van der Waals surface area contributed by atoms with Crippen molar-refractivity contribution in [2.24, 2.45) is 0 Å². The predicted octanol–water partition coefficient (Wildman–Crippen LogP) is 10.2. The van der Waals surface area contributed by atoms with Gasteiger partial charge in [0.15, 0.2) is 0 Å². The number of aromatic nitrogens is 1. The molecule has 0 radical (unpaired) electrons. The van der Waals surface area contributed by atoms with Crippen LogP contribution in [-0.2, 0) is 0 Å². The van der Waals surface area contributed by atoms with Crippen LogP contribution in [0.5, 0.6) is 5.75 Å². The molecule has 194 valence electrons. The number of nitrogens with zero attached hydrogens (tertiary/aromatic N) is 2. The van der Waals surface area contributed by atoms with E-state index in [4.69, 9.17) is 16.3 Å². The third-order valence-corrected chi connectivity index (χ3v) is 7.11. The Kier molecular flexibility index (Phi) is 7.30. The molecule has 0 saturated carbocycles. The lowest BCUT2D eigenvalue weighted by Crippen LogP contribution is -2.13. The van der Waals surface area contributed by atoms with Crippen LogP contribution >= 0.6 is 11.6 Å². The molecule has 0 aliphatic carbocycles. The molecular weight excluding hydrogens is 512 g/mol. The number of methoxy groups -OCH3 is 1. The Morgan fingerprint density at radius 2 is 1.23 bits per heavy atom. The van der Waals surface area contributed by atoms with Gasteiger partial charge >= 0.3 is 0 Å². The lowest BCUT2D eigenvalue weighted by molar-refractivity contribution is 0.415. The van der Waals surface area contributed by atoms with Gasteiger partial charge in [-0.05, 0) is 53.1 Å². The molecule has 0 unspecified atom stereocenters. The second kappa shape index (κ2) is 11.5. The van der Waals surface area contributed by atoms with Crippen LogP contribution < -0.4 is 9.64 Å². The van der Waals surface area contributed by atoms with E-state index in [1.54, 1.807) is 13.3 Å². The fourth-order valence-electron chi connectivity index (χ4n) is 5.04. The minimum Gasteiger partial charge on any atom is -0.497 e. The Hall–Kier alpha value is -4.86. The summed E-state index contributed by atoms with van der Waals surface area (Å²) in [7, 11) is 1.70. The van der Waals surface area contributed by atoms with Crippen LogP contribution in [-0.4, -0.2) is 12.1 Å². The smallest absolute Gasteiger partial charge is 0.121 e. The molecule has 1 aromatic heterocycles. The number of para-hydroxylation sites is 1. The fourth-order valence-corrected chi connectivity index (χ4v) is 5.22. The van der Waals surface area contributed by atoms with Crippen LogP contribution in [0, 0.1) is 0 Å². The first kappa shape index (κ1) is 25.4. The van der Waals surface area contributed by atoms with Crippen LogP contribution in [0.4, 0.5) is 17.1 Å². The van der Waals surface area contributed by atoms with Crippen molar-refractivity contribution in [3.8, 4) is 39.1 Å². The highest BCUT2D eigenvalue weighted by Crippen LogP contribution is 2.48. The molecule has 5 aromatic carbocycles. The van der Waals surface area contributed by atoms with Crippen molar-refractivity contribution < 1.29 is 4.74 Å². The maximum atomic E-state index is 6.60. The summed E-state index contributed by atoms with van der Waals surface area (Å²) in [4.78, 5) is 6.63. The molecule has 0 atom stereocenters. The molecule has 0 bridgehead atoms. The second-order valence-electron chi connectivity index (χ2n) is 9.41. The third-order valence-electron chi connectivity index (χ3n) is 6.88. The zero-order chi connectivity index (χ0) is 27.3. The predicted molar refractivity (Wildman–Crippen MR) is 167 cm³/mol. The number of hydrogen-bond donors (Lipinski definition) is 0. The summed E-state index contributed by atoms with van der Waals surface area (Å²) in [5.41, 5.74) is 9.41. The van der Waals surface area contributed by atoms with E-state index in [2.05, 4.69) is 101 Å². The van der Waals surface area contributed by atoms with E-state index in [-0.39, 0.29) is 0 Å². The number of rotatable bonds is 7. The quantitative estimate of drug-likeness (QED) is 0.202. The van der Waals surface area contributed by atoms with Crippen molar-refractivity contribution in [3.63, 3.8) is 0 Å². The monoisotopic (exact) mass is 538 g/mol. The third kappa shape index (κ3) is 5.20. The van der Waals surface area contributed by atoms with Crippen LogP contribution in [0.2, 0.25) is 5.02 Å². The largest absolute Gasteiger partial charge is 0.497 e. The molecule has 0 fully saturated rings. The van der Waals surface area contributed by atoms with E-state index in [9.17, 15) is 0 Å². The highest BCUT2D eigenvalue weighted by Gasteiger charge is 2.23. The number of anilines is 3. The van der Waals surface area contributed by atoms with Crippen LogP contribution in [0.3, 0.4) is 0 Å². The van der Waals surface area contributed by atoms with Gasteiger partial charge in [-0.15, -0.1) is 0 Å². The van der Waals surface area contributed by atoms with E-state index < -0.39 is 0 Å². The van der Waals surface area contributed by atoms with Crippen molar-refractivity contribution in [2.45, 2.75) is 0 Å². The Morgan fingerprint density at radius 3 is 1.82 bits per heavy atom. The van der Waals surface area contributed by atoms with Crippen molar-refractivity contribution >= 4 is 28.7 Å². The zero-order valence-electron chi connectivity index (χ0n) is 22.0. The minimum absolute atomic E-state index is 0.663. The average Bonchev–Trinajstić information content (AvgIpc) is 3.02. The molecule has 0 aliphatic rings. The molecule has 0 aliphatic heterocycles. The van der Waals surface area contributed by atoms with E-state index in [0.717, 1.165) is 56.2 Å². The summed E-state index contributed by atoms with van der Waals surface area (Å²) in [5.74, 6) is 0.752. The van der Waals surface area contributed by atoms with Gasteiger partial charge in [0.05, 0.1) is 18.5 Å². The summed E-state index contributed by atoms with van der Waals surface area (Å²) in [5, 5.41) is 0.663. The van der Waals surface area contributed by atoms with Crippen LogP contribution in [0.25, 0.3) is 33.4 Å². The number of ether oxygens (including phenoxy) is 1. The fraction of sp³-hybridized carbons (Fsp3) is 0.0278. The maximum Gasteiger partial charge on any atom is 0.121 e. The van der Waals surface area contributed by atoms with Crippen molar-refractivity contribution in [3.05, 3.63) is 151 Å². The van der Waals surface area contributed by atoms with Gasteiger partial charge in [0.1, 0.15) is 5.75 Å². The Bertz CT molecular complexity index is 1680. The molecule has 6 rings (SSSR count). The van der Waals surface area contributed by atoms with Crippen LogP contribution in [0.1, 0.15) is 0 Å². The molecular formula is C36H27ClN2O. The van der Waals surface area contributed by atoms with Gasteiger partial charge in [-0.2, -0.15) is 0 Å². The SMILES string of the molecule is COc1cc(-c2cccnc2)cc(N(c2cccc(Cl)c2)c2c(-c3ccccc3)cccc2-c2ccccc2)c1. The van der Waals surface area contributed by atoms with Gasteiger partial charge in [0, 0.05) is 45.9 Å². The van der Waals surface area contributed by atoms with E-state index in [1.807, 2.05) is 48.7 Å². The Morgan fingerprint density at radius 1 is 0.575 bits per heavy atom. The van der Waals surface area contributed by atoms with Gasteiger partial charge in [0.25, 0.3) is 0 Å². The molecule has 40 heavy (non-hydrogen) atoms. The minimum atomic E-state index is 0.663. The molecule has 6 aromatic rings. The van der Waals surface area contributed by atoms with Crippen LogP contribution in [0.15, 0.2) is 146 Å². The maximum absolute atomic E-state index is 6.60. The molecule has 1 heterocycles. The summed E-state index contributed by atoms with van der Waals surface area (Å²) >= 11 is 6.60. The molecule has 3 nitrogen and oxygen atoms in total. The summed E-state index contributed by atoms with van der Waals surface area (Å²) in [6.45, 7) is 0. The lowest BCUT2D eigenvalue weighted by Gasteiger charge is -2.31. The molecule has 0 amide bonds. The highest BCUT2D eigenvalue weighted by atomic mass is 35.5.